The lowest BCUT2D eigenvalue weighted by Crippen LogP contribution is -2.37. The van der Waals surface area contributed by atoms with Crippen molar-refractivity contribution in [1.29, 1.82) is 0 Å². The van der Waals surface area contributed by atoms with E-state index in [1.165, 1.54) is 0 Å². The standard InChI is InChI=1S/C19H23N3O2/c1-23-13-15-6-4-5-14(11-15)12-21-19(20)22-17-9-10-24-18-8-3-2-7-16(17)18/h2-8,11,17H,9-10,12-13H2,1H3,(H3,20,21,22). The van der Waals surface area contributed by atoms with Gasteiger partial charge in [0.05, 0.1) is 25.8 Å². The van der Waals surface area contributed by atoms with Gasteiger partial charge in [-0.05, 0) is 17.2 Å². The molecule has 1 aliphatic heterocycles. The quantitative estimate of drug-likeness (QED) is 0.655. The van der Waals surface area contributed by atoms with Crippen LogP contribution in [0.1, 0.15) is 29.2 Å². The van der Waals surface area contributed by atoms with Crippen LogP contribution in [0.5, 0.6) is 5.75 Å². The van der Waals surface area contributed by atoms with Gasteiger partial charge in [-0.15, -0.1) is 0 Å². The Labute approximate surface area is 142 Å². The van der Waals surface area contributed by atoms with Gasteiger partial charge in [0.25, 0.3) is 0 Å². The maximum Gasteiger partial charge on any atom is 0.189 e. The molecule has 1 heterocycles. The second-order valence-corrected chi connectivity index (χ2v) is 5.83. The van der Waals surface area contributed by atoms with E-state index in [1.54, 1.807) is 7.11 Å². The molecule has 0 bridgehead atoms. The molecule has 24 heavy (non-hydrogen) atoms. The van der Waals surface area contributed by atoms with Gasteiger partial charge in [-0.3, -0.25) is 0 Å². The highest BCUT2D eigenvalue weighted by Gasteiger charge is 2.21. The van der Waals surface area contributed by atoms with Crippen molar-refractivity contribution in [2.45, 2.75) is 25.6 Å². The van der Waals surface area contributed by atoms with E-state index in [2.05, 4.69) is 22.4 Å². The Morgan fingerprint density at radius 3 is 2.96 bits per heavy atom. The molecule has 3 rings (SSSR count). The van der Waals surface area contributed by atoms with Crippen molar-refractivity contribution in [3.05, 3.63) is 65.2 Å². The molecule has 2 aromatic rings. The molecule has 126 valence electrons. The lowest BCUT2D eigenvalue weighted by molar-refractivity contribution is 0.185. The molecule has 5 nitrogen and oxygen atoms in total. The highest BCUT2D eigenvalue weighted by atomic mass is 16.5. The highest BCUT2D eigenvalue weighted by Crippen LogP contribution is 2.31. The van der Waals surface area contributed by atoms with Crippen LogP contribution in [0.15, 0.2) is 53.5 Å². The SMILES string of the molecule is COCc1cccc(CN=C(N)NC2CCOc3ccccc32)c1. The van der Waals surface area contributed by atoms with E-state index in [0.717, 1.165) is 28.9 Å². The topological polar surface area (TPSA) is 68.9 Å². The summed E-state index contributed by atoms with van der Waals surface area (Å²) < 4.78 is 10.8. The second kappa shape index (κ2) is 7.84. The molecular formula is C19H23N3O2. The molecule has 0 saturated carbocycles. The van der Waals surface area contributed by atoms with Crippen LogP contribution in [0, 0.1) is 0 Å². The maximum absolute atomic E-state index is 6.08. The molecule has 0 aromatic heterocycles. The Balaban J connectivity index is 1.64. The Bertz CT molecular complexity index is 715. The Morgan fingerprint density at radius 1 is 1.25 bits per heavy atom. The third-order valence-electron chi connectivity index (χ3n) is 4.02. The number of benzene rings is 2. The summed E-state index contributed by atoms with van der Waals surface area (Å²) in [5, 5.41) is 3.31. The van der Waals surface area contributed by atoms with Gasteiger partial charge in [-0.25, -0.2) is 4.99 Å². The normalized spacial score (nSPS) is 17.0. The van der Waals surface area contributed by atoms with E-state index in [4.69, 9.17) is 15.2 Å². The van der Waals surface area contributed by atoms with Gasteiger partial charge in [0.15, 0.2) is 5.96 Å². The minimum Gasteiger partial charge on any atom is -0.493 e. The number of methoxy groups -OCH3 is 1. The second-order valence-electron chi connectivity index (χ2n) is 5.83. The van der Waals surface area contributed by atoms with Crippen LogP contribution in [-0.4, -0.2) is 19.7 Å². The lowest BCUT2D eigenvalue weighted by atomic mass is 10.0. The predicted octanol–water partition coefficient (Wildman–Crippen LogP) is 2.76. The first-order chi connectivity index (χ1) is 11.8. The van der Waals surface area contributed by atoms with Gasteiger partial charge >= 0.3 is 0 Å². The zero-order valence-electron chi connectivity index (χ0n) is 13.9. The third kappa shape index (κ3) is 4.06. The van der Waals surface area contributed by atoms with Crippen molar-refractivity contribution in [3.8, 4) is 5.75 Å². The van der Waals surface area contributed by atoms with Crippen LogP contribution in [0.3, 0.4) is 0 Å². The van der Waals surface area contributed by atoms with Gasteiger partial charge in [0.2, 0.25) is 0 Å². The number of rotatable bonds is 5. The van der Waals surface area contributed by atoms with E-state index in [0.29, 0.717) is 25.7 Å². The Hall–Kier alpha value is -2.53. The van der Waals surface area contributed by atoms with Crippen molar-refractivity contribution >= 4 is 5.96 Å². The zero-order valence-corrected chi connectivity index (χ0v) is 13.9. The number of ether oxygens (including phenoxy) is 2. The third-order valence-corrected chi connectivity index (χ3v) is 4.02. The number of guanidine groups is 1. The van der Waals surface area contributed by atoms with Crippen molar-refractivity contribution in [3.63, 3.8) is 0 Å². The first kappa shape index (κ1) is 16.3. The van der Waals surface area contributed by atoms with Crippen LogP contribution in [0.2, 0.25) is 0 Å². The fourth-order valence-electron chi connectivity index (χ4n) is 2.88. The van der Waals surface area contributed by atoms with Crippen LogP contribution >= 0.6 is 0 Å². The van der Waals surface area contributed by atoms with Crippen LogP contribution in [0.25, 0.3) is 0 Å². The number of hydrogen-bond donors (Lipinski definition) is 2. The van der Waals surface area contributed by atoms with E-state index in [9.17, 15) is 0 Å². The summed E-state index contributed by atoms with van der Waals surface area (Å²) in [7, 11) is 1.69. The van der Waals surface area contributed by atoms with Gasteiger partial charge in [-0.2, -0.15) is 0 Å². The smallest absolute Gasteiger partial charge is 0.189 e. The first-order valence-electron chi connectivity index (χ1n) is 8.11. The van der Waals surface area contributed by atoms with Crippen LogP contribution < -0.4 is 15.8 Å². The highest BCUT2D eigenvalue weighted by molar-refractivity contribution is 5.78. The summed E-state index contributed by atoms with van der Waals surface area (Å²) in [5.41, 5.74) is 9.46. The van der Waals surface area contributed by atoms with Crippen LogP contribution in [-0.2, 0) is 17.9 Å². The molecule has 0 amide bonds. The summed E-state index contributed by atoms with van der Waals surface area (Å²) in [6.45, 7) is 1.83. The molecule has 0 fully saturated rings. The fraction of sp³-hybridized carbons (Fsp3) is 0.316. The summed E-state index contributed by atoms with van der Waals surface area (Å²) in [4.78, 5) is 4.46. The van der Waals surface area contributed by atoms with E-state index < -0.39 is 0 Å². The molecule has 3 N–H and O–H groups in total. The molecule has 2 aromatic carbocycles. The summed E-state index contributed by atoms with van der Waals surface area (Å²) >= 11 is 0. The number of nitrogens with zero attached hydrogens (tertiary/aromatic N) is 1. The number of nitrogens with two attached hydrogens (primary N) is 1. The van der Waals surface area contributed by atoms with Crippen molar-refractivity contribution in [1.82, 2.24) is 5.32 Å². The summed E-state index contributed by atoms with van der Waals surface area (Å²) in [6, 6.07) is 16.4. The predicted molar refractivity (Wildman–Crippen MR) is 94.9 cm³/mol. The van der Waals surface area contributed by atoms with Crippen molar-refractivity contribution < 1.29 is 9.47 Å². The molecule has 0 aliphatic carbocycles. The van der Waals surface area contributed by atoms with E-state index in [-0.39, 0.29) is 6.04 Å². The van der Waals surface area contributed by atoms with Crippen molar-refractivity contribution in [2.24, 2.45) is 10.7 Å². The monoisotopic (exact) mass is 325 g/mol. The number of para-hydroxylation sites is 1. The number of hydrogen-bond acceptors (Lipinski definition) is 3. The number of nitrogens with one attached hydrogen (secondary N) is 1. The molecule has 5 heteroatoms. The fourth-order valence-corrected chi connectivity index (χ4v) is 2.88. The molecule has 1 aliphatic rings. The Kier molecular flexibility index (Phi) is 5.33. The zero-order chi connectivity index (χ0) is 16.8. The van der Waals surface area contributed by atoms with Gasteiger partial charge < -0.3 is 20.5 Å². The molecule has 0 spiro atoms. The first-order valence-corrected chi connectivity index (χ1v) is 8.11. The van der Waals surface area contributed by atoms with Crippen LogP contribution in [0.4, 0.5) is 0 Å². The van der Waals surface area contributed by atoms with Crippen molar-refractivity contribution in [2.75, 3.05) is 13.7 Å². The van der Waals surface area contributed by atoms with E-state index in [1.807, 2.05) is 36.4 Å². The summed E-state index contributed by atoms with van der Waals surface area (Å²) in [5.74, 6) is 1.37. The van der Waals surface area contributed by atoms with E-state index >= 15 is 0 Å². The largest absolute Gasteiger partial charge is 0.493 e. The molecule has 0 radical (unpaired) electrons. The van der Waals surface area contributed by atoms with Gasteiger partial charge in [-0.1, -0.05) is 42.5 Å². The average molecular weight is 325 g/mol. The molecular weight excluding hydrogens is 302 g/mol. The molecule has 0 saturated heterocycles. The molecule has 1 unspecified atom stereocenters. The number of fused-ring (bicyclic) bond motifs is 1. The molecule has 1 atom stereocenters. The maximum atomic E-state index is 6.08. The minimum absolute atomic E-state index is 0.138. The lowest BCUT2D eigenvalue weighted by Gasteiger charge is -2.26. The van der Waals surface area contributed by atoms with Gasteiger partial charge in [0.1, 0.15) is 5.75 Å². The number of aliphatic imine (C=N–C) groups is 1. The summed E-state index contributed by atoms with van der Waals surface area (Å²) in [6.07, 6.45) is 0.872. The van der Waals surface area contributed by atoms with Gasteiger partial charge in [0, 0.05) is 19.1 Å². The Morgan fingerprint density at radius 2 is 2.08 bits per heavy atom. The minimum atomic E-state index is 0.138. The average Bonchev–Trinajstić information content (AvgIpc) is 2.61.